The number of nitrogens with one attached hydrogen (secondary N) is 1. The van der Waals surface area contributed by atoms with Gasteiger partial charge in [0.2, 0.25) is 5.91 Å². The van der Waals surface area contributed by atoms with Gasteiger partial charge in [-0.1, -0.05) is 0 Å². The van der Waals surface area contributed by atoms with Crippen LogP contribution >= 0.6 is 0 Å². The number of carbonyl (C=O) groups is 2. The normalized spacial score (nSPS) is 18.5. The largest absolute Gasteiger partial charge is 0.351 e. The second-order valence-electron chi connectivity index (χ2n) is 5.06. The summed E-state index contributed by atoms with van der Waals surface area (Å²) < 4.78 is 0. The van der Waals surface area contributed by atoms with Gasteiger partial charge in [0.1, 0.15) is 11.7 Å². The molecule has 0 aliphatic carbocycles. The number of nitrogens with two attached hydrogens (primary N) is 1. The predicted molar refractivity (Wildman–Crippen MR) is 77.3 cm³/mol. The molecule has 1 saturated heterocycles. The molecule has 0 bridgehead atoms. The molecule has 0 aromatic carbocycles. The molecule has 1 aromatic rings. The number of hydrogen-bond donors (Lipinski definition) is 2. The highest BCUT2D eigenvalue weighted by molar-refractivity contribution is 5.91. The average Bonchev–Trinajstić information content (AvgIpc) is 3.03. The fourth-order valence-electron chi connectivity index (χ4n) is 2.35. The third-order valence-corrected chi connectivity index (χ3v) is 3.54. The minimum absolute atomic E-state index is 0.214. The lowest BCUT2D eigenvalue weighted by molar-refractivity contribution is -0.132. The molecular formula is C14H18N6O2. The molecule has 0 saturated carbocycles. The van der Waals surface area contributed by atoms with E-state index in [9.17, 15) is 9.59 Å². The van der Waals surface area contributed by atoms with Crippen LogP contribution in [0.2, 0.25) is 0 Å². The van der Waals surface area contributed by atoms with E-state index in [0.29, 0.717) is 19.4 Å². The van der Waals surface area contributed by atoms with E-state index in [2.05, 4.69) is 21.4 Å². The summed E-state index contributed by atoms with van der Waals surface area (Å²) in [5, 5.41) is 11.6. The van der Waals surface area contributed by atoms with Gasteiger partial charge in [-0.05, 0) is 19.3 Å². The van der Waals surface area contributed by atoms with Crippen LogP contribution in [0.5, 0.6) is 0 Å². The fourth-order valence-corrected chi connectivity index (χ4v) is 2.35. The highest BCUT2D eigenvalue weighted by Gasteiger charge is 2.31. The first-order valence-corrected chi connectivity index (χ1v) is 7.13. The SMILES string of the molecule is N#C[C@@H]1CCCN1C(=O)[C@H](N)CCNC(=O)c1cnccn1. The molecular weight excluding hydrogens is 284 g/mol. The van der Waals surface area contributed by atoms with Crippen LogP contribution in [-0.2, 0) is 4.79 Å². The lowest BCUT2D eigenvalue weighted by Gasteiger charge is -2.23. The van der Waals surface area contributed by atoms with Crippen LogP contribution in [0.1, 0.15) is 29.8 Å². The van der Waals surface area contributed by atoms with Crippen molar-refractivity contribution in [1.29, 1.82) is 5.26 Å². The van der Waals surface area contributed by atoms with Crippen LogP contribution < -0.4 is 11.1 Å². The van der Waals surface area contributed by atoms with E-state index in [4.69, 9.17) is 11.0 Å². The zero-order valence-electron chi connectivity index (χ0n) is 12.1. The molecule has 1 aromatic heterocycles. The lowest BCUT2D eigenvalue weighted by Crippen LogP contribution is -2.46. The third kappa shape index (κ3) is 3.77. The summed E-state index contributed by atoms with van der Waals surface area (Å²) in [5.74, 6) is -0.596. The molecule has 2 atom stereocenters. The van der Waals surface area contributed by atoms with Crippen LogP contribution in [0.4, 0.5) is 0 Å². The van der Waals surface area contributed by atoms with Gasteiger partial charge in [-0.25, -0.2) is 4.98 Å². The van der Waals surface area contributed by atoms with Gasteiger partial charge in [0.05, 0.1) is 18.3 Å². The Morgan fingerprint density at radius 2 is 2.36 bits per heavy atom. The molecule has 116 valence electrons. The van der Waals surface area contributed by atoms with E-state index in [1.807, 2.05) is 0 Å². The van der Waals surface area contributed by atoms with Crippen LogP contribution in [0.25, 0.3) is 0 Å². The Bertz CT molecular complexity index is 570. The maximum absolute atomic E-state index is 12.2. The number of nitriles is 1. The van der Waals surface area contributed by atoms with Crippen molar-refractivity contribution in [3.05, 3.63) is 24.3 Å². The summed E-state index contributed by atoms with van der Waals surface area (Å²) in [5.41, 5.74) is 6.07. The second kappa shape index (κ2) is 7.47. The molecule has 3 N–H and O–H groups in total. The van der Waals surface area contributed by atoms with Gasteiger partial charge < -0.3 is 16.0 Å². The van der Waals surface area contributed by atoms with Crippen molar-refractivity contribution in [3.8, 4) is 6.07 Å². The average molecular weight is 302 g/mol. The first-order chi connectivity index (χ1) is 10.6. The minimum atomic E-state index is -0.726. The molecule has 2 rings (SSSR count). The van der Waals surface area contributed by atoms with Crippen LogP contribution in [0.15, 0.2) is 18.6 Å². The Morgan fingerprint density at radius 1 is 1.55 bits per heavy atom. The molecule has 0 spiro atoms. The Morgan fingerprint density at radius 3 is 3.05 bits per heavy atom. The predicted octanol–water partition coefficient (Wildman–Crippen LogP) is -0.562. The van der Waals surface area contributed by atoms with Crippen molar-refractivity contribution in [2.45, 2.75) is 31.3 Å². The van der Waals surface area contributed by atoms with Crippen LogP contribution in [-0.4, -0.2) is 51.9 Å². The van der Waals surface area contributed by atoms with Gasteiger partial charge in [-0.15, -0.1) is 0 Å². The number of aromatic nitrogens is 2. The maximum Gasteiger partial charge on any atom is 0.271 e. The molecule has 0 radical (unpaired) electrons. The molecule has 1 aliphatic heterocycles. The molecule has 22 heavy (non-hydrogen) atoms. The first-order valence-electron chi connectivity index (χ1n) is 7.13. The summed E-state index contributed by atoms with van der Waals surface area (Å²) in [7, 11) is 0. The zero-order chi connectivity index (χ0) is 15.9. The van der Waals surface area contributed by atoms with Crippen molar-refractivity contribution >= 4 is 11.8 Å². The Hall–Kier alpha value is -2.53. The van der Waals surface area contributed by atoms with Crippen molar-refractivity contribution in [3.63, 3.8) is 0 Å². The highest BCUT2D eigenvalue weighted by atomic mass is 16.2. The number of carbonyl (C=O) groups excluding carboxylic acids is 2. The van der Waals surface area contributed by atoms with Crippen LogP contribution in [0.3, 0.4) is 0 Å². The molecule has 1 aliphatic rings. The van der Waals surface area contributed by atoms with Crippen molar-refractivity contribution in [1.82, 2.24) is 20.2 Å². The Kier molecular flexibility index (Phi) is 5.38. The zero-order valence-corrected chi connectivity index (χ0v) is 12.1. The quantitative estimate of drug-likeness (QED) is 0.751. The van der Waals surface area contributed by atoms with E-state index in [-0.39, 0.29) is 30.1 Å². The number of nitrogens with zero attached hydrogens (tertiary/aromatic N) is 4. The molecule has 8 heteroatoms. The summed E-state index contributed by atoms with van der Waals surface area (Å²) in [6, 6.07) is 1.00. The van der Waals surface area contributed by atoms with E-state index in [0.717, 1.165) is 6.42 Å². The summed E-state index contributed by atoms with van der Waals surface area (Å²) in [6.07, 6.45) is 6.09. The van der Waals surface area contributed by atoms with Gasteiger partial charge in [-0.2, -0.15) is 5.26 Å². The number of amides is 2. The minimum Gasteiger partial charge on any atom is -0.351 e. The first kappa shape index (κ1) is 15.9. The second-order valence-corrected chi connectivity index (χ2v) is 5.06. The van der Waals surface area contributed by atoms with E-state index in [1.165, 1.54) is 23.5 Å². The topological polar surface area (TPSA) is 125 Å². The van der Waals surface area contributed by atoms with E-state index >= 15 is 0 Å². The molecule has 2 heterocycles. The number of hydrogen-bond acceptors (Lipinski definition) is 6. The number of likely N-dealkylation sites (tertiary alicyclic amines) is 1. The monoisotopic (exact) mass is 302 g/mol. The summed E-state index contributed by atoms with van der Waals surface area (Å²) >= 11 is 0. The van der Waals surface area contributed by atoms with Crippen molar-refractivity contribution in [2.75, 3.05) is 13.1 Å². The van der Waals surface area contributed by atoms with Gasteiger partial charge in [0, 0.05) is 25.5 Å². The molecule has 2 amide bonds. The Balaban J connectivity index is 1.78. The lowest BCUT2D eigenvalue weighted by atomic mass is 10.1. The molecule has 8 nitrogen and oxygen atoms in total. The smallest absolute Gasteiger partial charge is 0.271 e. The fraction of sp³-hybridized carbons (Fsp3) is 0.500. The highest BCUT2D eigenvalue weighted by Crippen LogP contribution is 2.17. The van der Waals surface area contributed by atoms with Crippen LogP contribution in [0, 0.1) is 11.3 Å². The molecule has 1 fully saturated rings. The van der Waals surface area contributed by atoms with E-state index < -0.39 is 6.04 Å². The van der Waals surface area contributed by atoms with Gasteiger partial charge in [0.25, 0.3) is 5.91 Å². The van der Waals surface area contributed by atoms with Gasteiger partial charge in [-0.3, -0.25) is 14.6 Å². The maximum atomic E-state index is 12.2. The standard InChI is InChI=1S/C14H18N6O2/c15-8-10-2-1-7-20(10)14(22)11(16)3-4-19-13(21)12-9-17-5-6-18-12/h5-6,9-11H,1-4,7,16H2,(H,19,21)/t10-,11+/m0/s1. The third-order valence-electron chi connectivity index (χ3n) is 3.54. The van der Waals surface area contributed by atoms with Gasteiger partial charge in [0.15, 0.2) is 0 Å². The summed E-state index contributed by atoms with van der Waals surface area (Å²) in [4.78, 5) is 33.1. The number of rotatable bonds is 5. The Labute approximate surface area is 128 Å². The van der Waals surface area contributed by atoms with Crippen molar-refractivity contribution < 1.29 is 9.59 Å². The van der Waals surface area contributed by atoms with Gasteiger partial charge >= 0.3 is 0 Å². The summed E-state index contributed by atoms with van der Waals surface area (Å²) in [6.45, 7) is 0.824. The van der Waals surface area contributed by atoms with E-state index in [1.54, 1.807) is 0 Å². The molecule has 0 unspecified atom stereocenters. The van der Waals surface area contributed by atoms with Crippen molar-refractivity contribution in [2.24, 2.45) is 5.73 Å².